The van der Waals surface area contributed by atoms with Gasteiger partial charge in [0.1, 0.15) is 5.56 Å². The Morgan fingerprint density at radius 2 is 2.04 bits per heavy atom. The first-order valence-corrected chi connectivity index (χ1v) is 6.97. The predicted octanol–water partition coefficient (Wildman–Crippen LogP) is 2.56. The molecule has 0 aromatic heterocycles. The standard InChI is InChI=1S/C16H14N2O5/c1-10-3-2-4-12(15(10)18(20)21)16(19)17-8-11-5-6-13-14(7-11)23-9-22-13/h2-7H,8-9H2,1H3,(H,17,19). The minimum absolute atomic E-state index is 0.0516. The number of carbonyl (C=O) groups is 1. The van der Waals surface area contributed by atoms with Crippen molar-refractivity contribution in [2.75, 3.05) is 6.79 Å². The van der Waals surface area contributed by atoms with Gasteiger partial charge in [0.25, 0.3) is 11.6 Å². The molecule has 0 saturated carbocycles. The molecule has 1 amide bonds. The Labute approximate surface area is 132 Å². The highest BCUT2D eigenvalue weighted by molar-refractivity contribution is 5.98. The van der Waals surface area contributed by atoms with Gasteiger partial charge in [-0.3, -0.25) is 14.9 Å². The topological polar surface area (TPSA) is 90.7 Å². The predicted molar refractivity (Wildman–Crippen MR) is 81.6 cm³/mol. The first kappa shape index (κ1) is 14.8. The summed E-state index contributed by atoms with van der Waals surface area (Å²) in [6.45, 7) is 2.02. The van der Waals surface area contributed by atoms with Crippen LogP contribution >= 0.6 is 0 Å². The van der Waals surface area contributed by atoms with Crippen LogP contribution in [0.5, 0.6) is 11.5 Å². The van der Waals surface area contributed by atoms with Crippen LogP contribution in [0.15, 0.2) is 36.4 Å². The summed E-state index contributed by atoms with van der Waals surface area (Å²) in [5.74, 6) is 0.797. The van der Waals surface area contributed by atoms with Crippen molar-refractivity contribution < 1.29 is 19.2 Å². The van der Waals surface area contributed by atoms with Gasteiger partial charge < -0.3 is 14.8 Å². The minimum Gasteiger partial charge on any atom is -0.454 e. The third kappa shape index (κ3) is 2.94. The first-order chi connectivity index (χ1) is 11.1. The van der Waals surface area contributed by atoms with Crippen molar-refractivity contribution in [3.63, 3.8) is 0 Å². The molecule has 7 heteroatoms. The van der Waals surface area contributed by atoms with E-state index in [1.165, 1.54) is 6.07 Å². The van der Waals surface area contributed by atoms with Crippen molar-refractivity contribution in [2.24, 2.45) is 0 Å². The Hall–Kier alpha value is -3.09. The van der Waals surface area contributed by atoms with E-state index in [4.69, 9.17) is 9.47 Å². The summed E-state index contributed by atoms with van der Waals surface area (Å²) in [6, 6.07) is 10.0. The summed E-state index contributed by atoms with van der Waals surface area (Å²) >= 11 is 0. The fraction of sp³-hybridized carbons (Fsp3) is 0.188. The Kier molecular flexibility index (Phi) is 3.84. The van der Waals surface area contributed by atoms with Crippen molar-refractivity contribution >= 4 is 11.6 Å². The largest absolute Gasteiger partial charge is 0.454 e. The molecule has 1 N–H and O–H groups in total. The second-order valence-electron chi connectivity index (χ2n) is 5.10. The van der Waals surface area contributed by atoms with E-state index in [9.17, 15) is 14.9 Å². The molecule has 0 unspecified atom stereocenters. The summed E-state index contributed by atoms with van der Waals surface area (Å²) < 4.78 is 10.5. The molecule has 2 aromatic rings. The zero-order valence-electron chi connectivity index (χ0n) is 12.4. The van der Waals surface area contributed by atoms with Crippen molar-refractivity contribution in [2.45, 2.75) is 13.5 Å². The van der Waals surface area contributed by atoms with E-state index >= 15 is 0 Å². The number of para-hydroxylation sites is 1. The van der Waals surface area contributed by atoms with Crippen LogP contribution in [-0.4, -0.2) is 17.6 Å². The van der Waals surface area contributed by atoms with Crippen LogP contribution in [0.3, 0.4) is 0 Å². The van der Waals surface area contributed by atoms with Crippen LogP contribution in [0.25, 0.3) is 0 Å². The third-order valence-electron chi connectivity index (χ3n) is 3.56. The van der Waals surface area contributed by atoms with Crippen LogP contribution in [0.4, 0.5) is 5.69 Å². The van der Waals surface area contributed by atoms with Gasteiger partial charge in [0.2, 0.25) is 6.79 Å². The highest BCUT2D eigenvalue weighted by Crippen LogP contribution is 2.32. The van der Waals surface area contributed by atoms with Crippen LogP contribution in [0.2, 0.25) is 0 Å². The number of hydrogen-bond acceptors (Lipinski definition) is 5. The summed E-state index contributed by atoms with van der Waals surface area (Å²) in [5.41, 5.74) is 1.15. The van der Waals surface area contributed by atoms with E-state index < -0.39 is 10.8 Å². The maximum atomic E-state index is 12.3. The van der Waals surface area contributed by atoms with Gasteiger partial charge in [-0.25, -0.2) is 0 Å². The molecular weight excluding hydrogens is 300 g/mol. The van der Waals surface area contributed by atoms with E-state index in [-0.39, 0.29) is 24.6 Å². The van der Waals surface area contributed by atoms with E-state index in [1.54, 1.807) is 37.3 Å². The molecule has 0 radical (unpaired) electrons. The molecule has 0 spiro atoms. The second kappa shape index (κ2) is 5.96. The fourth-order valence-electron chi connectivity index (χ4n) is 2.41. The summed E-state index contributed by atoms with van der Waals surface area (Å²) in [5, 5.41) is 13.8. The number of carbonyl (C=O) groups excluding carboxylic acids is 1. The van der Waals surface area contributed by atoms with Crippen LogP contribution in [-0.2, 0) is 6.54 Å². The van der Waals surface area contributed by atoms with Gasteiger partial charge in [-0.05, 0) is 30.7 Å². The molecule has 0 aliphatic carbocycles. The van der Waals surface area contributed by atoms with E-state index in [2.05, 4.69) is 5.32 Å². The number of fused-ring (bicyclic) bond motifs is 1. The highest BCUT2D eigenvalue weighted by atomic mass is 16.7. The molecule has 0 bridgehead atoms. The van der Waals surface area contributed by atoms with Crippen molar-refractivity contribution in [1.29, 1.82) is 0 Å². The number of nitrogens with one attached hydrogen (secondary N) is 1. The van der Waals surface area contributed by atoms with Gasteiger partial charge in [0.15, 0.2) is 11.5 Å². The lowest BCUT2D eigenvalue weighted by Gasteiger charge is -2.08. The summed E-state index contributed by atoms with van der Waals surface area (Å²) in [7, 11) is 0. The van der Waals surface area contributed by atoms with Crippen LogP contribution in [0, 0.1) is 17.0 Å². The number of nitro benzene ring substituents is 1. The third-order valence-corrected chi connectivity index (χ3v) is 3.56. The highest BCUT2D eigenvalue weighted by Gasteiger charge is 2.22. The molecule has 0 atom stereocenters. The van der Waals surface area contributed by atoms with Gasteiger partial charge in [-0.15, -0.1) is 0 Å². The Bertz CT molecular complexity index is 788. The number of nitrogens with zero attached hydrogens (tertiary/aromatic N) is 1. The summed E-state index contributed by atoms with van der Waals surface area (Å²) in [6.07, 6.45) is 0. The molecular formula is C16H14N2O5. The number of amides is 1. The van der Waals surface area contributed by atoms with Crippen molar-refractivity contribution in [1.82, 2.24) is 5.32 Å². The molecule has 23 heavy (non-hydrogen) atoms. The van der Waals surface area contributed by atoms with Gasteiger partial charge in [-0.2, -0.15) is 0 Å². The van der Waals surface area contributed by atoms with Crippen molar-refractivity contribution in [3.8, 4) is 11.5 Å². The number of nitro groups is 1. The number of rotatable bonds is 4. The Balaban J connectivity index is 1.75. The zero-order chi connectivity index (χ0) is 16.4. The van der Waals surface area contributed by atoms with E-state index in [0.29, 0.717) is 17.1 Å². The normalized spacial score (nSPS) is 12.0. The van der Waals surface area contributed by atoms with Gasteiger partial charge in [0, 0.05) is 12.1 Å². The van der Waals surface area contributed by atoms with Gasteiger partial charge in [0.05, 0.1) is 4.92 Å². The fourth-order valence-corrected chi connectivity index (χ4v) is 2.41. The SMILES string of the molecule is Cc1cccc(C(=O)NCc2ccc3c(c2)OCO3)c1[N+](=O)[O-]. The molecule has 2 aromatic carbocycles. The van der Waals surface area contributed by atoms with Crippen LogP contribution in [0.1, 0.15) is 21.5 Å². The average Bonchev–Trinajstić information content (AvgIpc) is 2.99. The zero-order valence-corrected chi connectivity index (χ0v) is 12.4. The quantitative estimate of drug-likeness (QED) is 0.692. The minimum atomic E-state index is -0.537. The number of benzene rings is 2. The van der Waals surface area contributed by atoms with Gasteiger partial charge in [-0.1, -0.05) is 18.2 Å². The summed E-state index contributed by atoms with van der Waals surface area (Å²) in [4.78, 5) is 22.9. The lowest BCUT2D eigenvalue weighted by atomic mass is 10.1. The lowest BCUT2D eigenvalue weighted by Crippen LogP contribution is -2.24. The maximum absolute atomic E-state index is 12.3. The molecule has 1 aliphatic rings. The van der Waals surface area contributed by atoms with E-state index in [1.807, 2.05) is 0 Å². The number of aryl methyl sites for hydroxylation is 1. The molecule has 1 heterocycles. The molecule has 7 nitrogen and oxygen atoms in total. The lowest BCUT2D eigenvalue weighted by molar-refractivity contribution is -0.385. The van der Waals surface area contributed by atoms with Gasteiger partial charge >= 0.3 is 0 Å². The maximum Gasteiger partial charge on any atom is 0.285 e. The second-order valence-corrected chi connectivity index (χ2v) is 5.10. The molecule has 0 fully saturated rings. The molecule has 1 aliphatic heterocycles. The number of ether oxygens (including phenoxy) is 2. The molecule has 0 saturated heterocycles. The number of hydrogen-bond donors (Lipinski definition) is 1. The van der Waals surface area contributed by atoms with Crippen LogP contribution < -0.4 is 14.8 Å². The average molecular weight is 314 g/mol. The Morgan fingerprint density at radius 3 is 2.83 bits per heavy atom. The Morgan fingerprint density at radius 1 is 1.26 bits per heavy atom. The van der Waals surface area contributed by atoms with E-state index in [0.717, 1.165) is 5.56 Å². The molecule has 3 rings (SSSR count). The smallest absolute Gasteiger partial charge is 0.285 e. The first-order valence-electron chi connectivity index (χ1n) is 6.97. The molecule has 118 valence electrons. The van der Waals surface area contributed by atoms with Crippen molar-refractivity contribution in [3.05, 3.63) is 63.2 Å². The monoisotopic (exact) mass is 314 g/mol.